The molecule has 2 rings (SSSR count). The van der Waals surface area contributed by atoms with Gasteiger partial charge in [-0.05, 0) is 18.2 Å². The van der Waals surface area contributed by atoms with Gasteiger partial charge in [0.15, 0.2) is 5.13 Å². The van der Waals surface area contributed by atoms with E-state index in [4.69, 9.17) is 12.2 Å². The van der Waals surface area contributed by atoms with Gasteiger partial charge in [-0.3, -0.25) is 4.79 Å². The lowest BCUT2D eigenvalue weighted by Gasteiger charge is -2.13. The normalized spacial score (nSPS) is 10.1. The Morgan fingerprint density at radius 1 is 1.65 bits per heavy atom. The Kier molecular flexibility index (Phi) is 2.98. The molecule has 0 aliphatic heterocycles. The van der Waals surface area contributed by atoms with Crippen LogP contribution in [-0.4, -0.2) is 29.4 Å². The Bertz CT molecular complexity index is 612. The van der Waals surface area contributed by atoms with Gasteiger partial charge in [0.2, 0.25) is 0 Å². The van der Waals surface area contributed by atoms with Crippen molar-refractivity contribution in [3.8, 4) is 12.3 Å². The van der Waals surface area contributed by atoms with E-state index < -0.39 is 0 Å². The van der Waals surface area contributed by atoms with Crippen molar-refractivity contribution in [3.05, 3.63) is 23.8 Å². The predicted octanol–water partition coefficient (Wildman–Crippen LogP) is 1.58. The molecule has 0 radical (unpaired) electrons. The summed E-state index contributed by atoms with van der Waals surface area (Å²) < 4.78 is 0.905. The van der Waals surface area contributed by atoms with Crippen LogP contribution in [0.15, 0.2) is 18.2 Å². The van der Waals surface area contributed by atoms with Crippen molar-refractivity contribution in [1.29, 1.82) is 0 Å². The Labute approximate surface area is 103 Å². The van der Waals surface area contributed by atoms with E-state index in [0.717, 1.165) is 10.2 Å². The van der Waals surface area contributed by atoms with E-state index in [2.05, 4.69) is 10.9 Å². The van der Waals surface area contributed by atoms with Gasteiger partial charge in [-0.2, -0.15) is 0 Å². The van der Waals surface area contributed by atoms with E-state index in [-0.39, 0.29) is 5.91 Å². The zero-order chi connectivity index (χ0) is 12.4. The second-order valence-corrected chi connectivity index (χ2v) is 4.66. The molecule has 2 aromatic rings. The molecular weight excluding hydrogens is 234 g/mol. The molecule has 17 heavy (non-hydrogen) atoms. The fourth-order valence-electron chi connectivity index (χ4n) is 1.50. The highest BCUT2D eigenvalue weighted by atomic mass is 32.1. The first-order valence-corrected chi connectivity index (χ1v) is 5.78. The van der Waals surface area contributed by atoms with Crippen molar-refractivity contribution in [3.63, 3.8) is 0 Å². The standard InChI is InChI=1S/C12H11N3OS/c1-3-6-15(2)11(16)8-4-5-9-10(7-8)17-12(13)14-9/h1,4-5,7H,6H2,2H3,(H2,13,14). The number of amides is 1. The van der Waals surface area contributed by atoms with Gasteiger partial charge >= 0.3 is 0 Å². The molecule has 0 atom stereocenters. The third-order valence-electron chi connectivity index (χ3n) is 2.33. The molecule has 0 bridgehead atoms. The molecule has 1 amide bonds. The summed E-state index contributed by atoms with van der Waals surface area (Å²) in [5.74, 6) is 2.33. The van der Waals surface area contributed by atoms with Crippen LogP contribution in [0.25, 0.3) is 10.2 Å². The average Bonchev–Trinajstić information content (AvgIpc) is 2.67. The average molecular weight is 245 g/mol. The number of carbonyl (C=O) groups is 1. The number of nitrogens with zero attached hydrogens (tertiary/aromatic N) is 2. The van der Waals surface area contributed by atoms with Gasteiger partial charge in [0, 0.05) is 12.6 Å². The molecule has 86 valence electrons. The van der Waals surface area contributed by atoms with Crippen molar-refractivity contribution >= 4 is 32.6 Å². The molecule has 0 aliphatic rings. The SMILES string of the molecule is C#CCN(C)C(=O)c1ccc2nc(N)sc2c1. The predicted molar refractivity (Wildman–Crippen MR) is 69.8 cm³/mol. The number of thiazole rings is 1. The molecule has 0 saturated heterocycles. The van der Waals surface area contributed by atoms with Crippen LogP contribution in [-0.2, 0) is 0 Å². The minimum atomic E-state index is -0.100. The number of anilines is 1. The van der Waals surface area contributed by atoms with Gasteiger partial charge in [-0.25, -0.2) is 4.98 Å². The van der Waals surface area contributed by atoms with Crippen LogP contribution in [0.2, 0.25) is 0 Å². The fraction of sp³-hybridized carbons (Fsp3) is 0.167. The zero-order valence-corrected chi connectivity index (χ0v) is 10.1. The number of benzene rings is 1. The molecule has 2 N–H and O–H groups in total. The summed E-state index contributed by atoms with van der Waals surface area (Å²) in [6.07, 6.45) is 5.17. The van der Waals surface area contributed by atoms with E-state index in [1.165, 1.54) is 16.2 Å². The van der Waals surface area contributed by atoms with Crippen molar-refractivity contribution in [2.24, 2.45) is 0 Å². The van der Waals surface area contributed by atoms with Gasteiger partial charge in [-0.15, -0.1) is 6.42 Å². The molecule has 1 aromatic heterocycles. The van der Waals surface area contributed by atoms with E-state index in [0.29, 0.717) is 17.2 Å². The highest BCUT2D eigenvalue weighted by Crippen LogP contribution is 2.24. The van der Waals surface area contributed by atoms with Gasteiger partial charge in [0.1, 0.15) is 0 Å². The maximum Gasteiger partial charge on any atom is 0.254 e. The topological polar surface area (TPSA) is 59.2 Å². The highest BCUT2D eigenvalue weighted by molar-refractivity contribution is 7.22. The number of carbonyl (C=O) groups excluding carboxylic acids is 1. The van der Waals surface area contributed by atoms with Crippen molar-refractivity contribution in [2.75, 3.05) is 19.3 Å². The quantitative estimate of drug-likeness (QED) is 0.817. The minimum absolute atomic E-state index is 0.100. The molecular formula is C12H11N3OS. The lowest BCUT2D eigenvalue weighted by molar-refractivity contribution is 0.0813. The number of terminal acetylenes is 1. The van der Waals surface area contributed by atoms with Gasteiger partial charge in [0.05, 0.1) is 16.8 Å². The van der Waals surface area contributed by atoms with E-state index in [1.807, 2.05) is 0 Å². The molecule has 0 saturated carbocycles. The number of hydrogen-bond acceptors (Lipinski definition) is 4. The smallest absolute Gasteiger partial charge is 0.254 e. The molecule has 0 fully saturated rings. The molecule has 0 unspecified atom stereocenters. The van der Waals surface area contributed by atoms with E-state index >= 15 is 0 Å². The second kappa shape index (κ2) is 4.44. The van der Waals surface area contributed by atoms with Gasteiger partial charge in [-0.1, -0.05) is 17.3 Å². The summed E-state index contributed by atoms with van der Waals surface area (Å²) in [6.45, 7) is 0.293. The highest BCUT2D eigenvalue weighted by Gasteiger charge is 2.12. The zero-order valence-electron chi connectivity index (χ0n) is 9.30. The van der Waals surface area contributed by atoms with Crippen LogP contribution in [0.5, 0.6) is 0 Å². The number of nitrogens with two attached hydrogens (primary N) is 1. The summed E-state index contributed by atoms with van der Waals surface area (Å²) in [5.41, 5.74) is 7.01. The molecule has 1 aromatic carbocycles. The summed E-state index contributed by atoms with van der Waals surface area (Å²) in [5, 5.41) is 0.501. The Morgan fingerprint density at radius 3 is 3.12 bits per heavy atom. The first kappa shape index (κ1) is 11.4. The third kappa shape index (κ3) is 2.22. The van der Waals surface area contributed by atoms with Crippen LogP contribution >= 0.6 is 11.3 Å². The van der Waals surface area contributed by atoms with Crippen molar-refractivity contribution in [1.82, 2.24) is 9.88 Å². The van der Waals surface area contributed by atoms with Crippen LogP contribution in [0.1, 0.15) is 10.4 Å². The molecule has 5 heteroatoms. The number of rotatable bonds is 2. The second-order valence-electron chi connectivity index (χ2n) is 3.60. The molecule has 1 heterocycles. The van der Waals surface area contributed by atoms with Crippen LogP contribution in [0.3, 0.4) is 0 Å². The molecule has 0 aliphatic carbocycles. The van der Waals surface area contributed by atoms with Gasteiger partial charge < -0.3 is 10.6 Å². The first-order valence-electron chi connectivity index (χ1n) is 4.97. The molecule has 4 nitrogen and oxygen atoms in total. The largest absolute Gasteiger partial charge is 0.375 e. The number of fused-ring (bicyclic) bond motifs is 1. The summed E-state index contributed by atoms with van der Waals surface area (Å²) >= 11 is 1.36. The third-order valence-corrected chi connectivity index (χ3v) is 3.17. The lowest BCUT2D eigenvalue weighted by atomic mass is 10.2. The number of hydrogen-bond donors (Lipinski definition) is 1. The Morgan fingerprint density at radius 2 is 2.41 bits per heavy atom. The van der Waals surface area contributed by atoms with Gasteiger partial charge in [0.25, 0.3) is 5.91 Å². The first-order chi connectivity index (χ1) is 8.11. The minimum Gasteiger partial charge on any atom is -0.375 e. The summed E-state index contributed by atoms with van der Waals surface area (Å²) in [7, 11) is 1.67. The van der Waals surface area contributed by atoms with Crippen LogP contribution in [0, 0.1) is 12.3 Å². The summed E-state index contributed by atoms with van der Waals surface area (Å²) in [6, 6.07) is 5.31. The number of aromatic nitrogens is 1. The van der Waals surface area contributed by atoms with E-state index in [9.17, 15) is 4.79 Å². The maximum atomic E-state index is 12.0. The molecule has 0 spiro atoms. The maximum absolute atomic E-state index is 12.0. The van der Waals surface area contributed by atoms with Crippen LogP contribution < -0.4 is 5.73 Å². The van der Waals surface area contributed by atoms with Crippen molar-refractivity contribution in [2.45, 2.75) is 0 Å². The summed E-state index contributed by atoms with van der Waals surface area (Å²) in [4.78, 5) is 17.6. The van der Waals surface area contributed by atoms with Crippen LogP contribution in [0.4, 0.5) is 5.13 Å². The van der Waals surface area contributed by atoms with E-state index in [1.54, 1.807) is 25.2 Å². The Hall–Kier alpha value is -2.06. The number of nitrogen functional groups attached to an aromatic ring is 1. The fourth-order valence-corrected chi connectivity index (χ4v) is 2.28. The van der Waals surface area contributed by atoms with Crippen molar-refractivity contribution < 1.29 is 4.79 Å². The Balaban J connectivity index is 2.36. The lowest BCUT2D eigenvalue weighted by Crippen LogP contribution is -2.26. The monoisotopic (exact) mass is 245 g/mol.